The first-order chi connectivity index (χ1) is 13.8. The van der Waals surface area contributed by atoms with Crippen molar-refractivity contribution in [3.63, 3.8) is 0 Å². The Morgan fingerprint density at radius 2 is 1.69 bits per heavy atom. The number of non-ortho nitro benzene ring substituents is 1. The van der Waals surface area contributed by atoms with Crippen molar-refractivity contribution in [2.45, 2.75) is 19.4 Å². The maximum absolute atomic E-state index is 12.7. The predicted molar refractivity (Wildman–Crippen MR) is 97.4 cm³/mol. The van der Waals surface area contributed by atoms with Crippen LogP contribution >= 0.6 is 0 Å². The minimum absolute atomic E-state index is 0.0402. The number of ether oxygens (including phenoxy) is 1. The Labute approximate surface area is 165 Å². The van der Waals surface area contributed by atoms with Gasteiger partial charge in [-0.1, -0.05) is 12.2 Å². The molecule has 1 saturated carbocycles. The van der Waals surface area contributed by atoms with Crippen molar-refractivity contribution in [2.24, 2.45) is 23.7 Å². The van der Waals surface area contributed by atoms with Crippen molar-refractivity contribution < 1.29 is 28.8 Å². The molecule has 2 amide bonds. The van der Waals surface area contributed by atoms with Gasteiger partial charge in [-0.15, -0.1) is 0 Å². The highest BCUT2D eigenvalue weighted by Crippen LogP contribution is 2.52. The summed E-state index contributed by atoms with van der Waals surface area (Å²) in [4.78, 5) is 61.0. The summed E-state index contributed by atoms with van der Waals surface area (Å²) in [5, 5.41) is 10.7. The van der Waals surface area contributed by atoms with Gasteiger partial charge in [0.25, 0.3) is 5.69 Å². The lowest BCUT2D eigenvalue weighted by Crippen LogP contribution is -2.45. The number of Topliss-reactive ketones (excluding diaryl/α,β-unsaturated/α-hetero) is 1. The smallest absolute Gasteiger partial charge is 0.329 e. The van der Waals surface area contributed by atoms with E-state index >= 15 is 0 Å². The number of benzene rings is 1. The minimum Gasteiger partial charge on any atom is -0.456 e. The van der Waals surface area contributed by atoms with Crippen LogP contribution in [0.4, 0.5) is 5.69 Å². The van der Waals surface area contributed by atoms with Gasteiger partial charge in [-0.2, -0.15) is 0 Å². The fourth-order valence-electron chi connectivity index (χ4n) is 4.52. The second-order valence-electron chi connectivity index (χ2n) is 7.56. The van der Waals surface area contributed by atoms with E-state index in [0.717, 1.165) is 11.3 Å². The highest BCUT2D eigenvalue weighted by Gasteiger charge is 2.60. The number of esters is 1. The number of fused-ring (bicyclic) bond motifs is 5. The average molecular weight is 398 g/mol. The zero-order valence-electron chi connectivity index (χ0n) is 15.5. The summed E-state index contributed by atoms with van der Waals surface area (Å²) < 4.78 is 5.01. The van der Waals surface area contributed by atoms with Crippen LogP contribution in [0.3, 0.4) is 0 Å². The number of allylic oxidation sites excluding steroid dienone is 2. The largest absolute Gasteiger partial charge is 0.456 e. The van der Waals surface area contributed by atoms with E-state index in [1.807, 2.05) is 12.2 Å². The third-order valence-electron chi connectivity index (χ3n) is 5.98. The lowest BCUT2D eigenvalue weighted by atomic mass is 9.85. The molecular formula is C20H18N2O7. The van der Waals surface area contributed by atoms with E-state index in [1.165, 1.54) is 31.2 Å². The van der Waals surface area contributed by atoms with Crippen LogP contribution in [0.25, 0.3) is 0 Å². The van der Waals surface area contributed by atoms with Crippen molar-refractivity contribution in [1.82, 2.24) is 4.90 Å². The third kappa shape index (κ3) is 3.02. The number of likely N-dealkylation sites (tertiary alicyclic amines) is 1. The van der Waals surface area contributed by atoms with Crippen molar-refractivity contribution in [2.75, 3.05) is 6.61 Å². The molecule has 2 fully saturated rings. The van der Waals surface area contributed by atoms with E-state index < -0.39 is 41.2 Å². The topological polar surface area (TPSA) is 124 Å². The molecule has 0 aromatic heterocycles. The zero-order chi connectivity index (χ0) is 20.9. The normalized spacial score (nSPS) is 27.8. The molecule has 0 radical (unpaired) electrons. The number of nitro groups is 1. The summed E-state index contributed by atoms with van der Waals surface area (Å²) in [5.41, 5.74) is -0.00575. The monoisotopic (exact) mass is 398 g/mol. The number of amides is 2. The number of nitrogens with zero attached hydrogens (tertiary/aromatic N) is 2. The van der Waals surface area contributed by atoms with Crippen LogP contribution in [-0.4, -0.2) is 46.0 Å². The van der Waals surface area contributed by atoms with Crippen LogP contribution in [0, 0.1) is 33.8 Å². The molecule has 2 aliphatic carbocycles. The molecule has 9 heteroatoms. The fourth-order valence-corrected chi connectivity index (χ4v) is 4.52. The Bertz CT molecular complexity index is 922. The number of rotatable bonds is 6. The molecular weight excluding hydrogens is 380 g/mol. The summed E-state index contributed by atoms with van der Waals surface area (Å²) >= 11 is 0. The van der Waals surface area contributed by atoms with E-state index in [9.17, 15) is 29.3 Å². The van der Waals surface area contributed by atoms with E-state index in [0.29, 0.717) is 0 Å². The van der Waals surface area contributed by atoms with Gasteiger partial charge in [0.2, 0.25) is 11.8 Å². The number of hydrogen-bond donors (Lipinski definition) is 0. The van der Waals surface area contributed by atoms with E-state index in [-0.39, 0.29) is 34.9 Å². The van der Waals surface area contributed by atoms with Crippen molar-refractivity contribution in [1.29, 1.82) is 0 Å². The summed E-state index contributed by atoms with van der Waals surface area (Å²) in [7, 11) is 0. The molecule has 150 valence electrons. The van der Waals surface area contributed by atoms with Crippen molar-refractivity contribution >= 4 is 29.3 Å². The van der Waals surface area contributed by atoms with Gasteiger partial charge in [0.05, 0.1) is 16.8 Å². The highest BCUT2D eigenvalue weighted by atomic mass is 16.6. The number of imide groups is 1. The van der Waals surface area contributed by atoms with Crippen LogP contribution in [0.15, 0.2) is 36.4 Å². The van der Waals surface area contributed by atoms with E-state index in [4.69, 9.17) is 4.74 Å². The van der Waals surface area contributed by atoms with Gasteiger partial charge in [-0.25, -0.2) is 4.79 Å². The van der Waals surface area contributed by atoms with Crippen molar-refractivity contribution in [3.05, 3.63) is 52.1 Å². The first-order valence-corrected chi connectivity index (χ1v) is 9.29. The van der Waals surface area contributed by atoms with E-state index in [1.54, 1.807) is 0 Å². The SMILES string of the molecule is C[C@@H](C(=O)OCC(=O)c1ccc([N+](=O)[O-])cc1)N1C(=O)[C@@H]2[C@@H](C1=O)[C@H]1C=C[C@H]2C1. The maximum atomic E-state index is 12.7. The van der Waals surface area contributed by atoms with Gasteiger partial charge in [-0.3, -0.25) is 29.4 Å². The molecule has 0 N–H and O–H groups in total. The van der Waals surface area contributed by atoms with Crippen LogP contribution in [0.5, 0.6) is 0 Å². The molecule has 1 heterocycles. The Morgan fingerprint density at radius 3 is 2.21 bits per heavy atom. The minimum atomic E-state index is -1.12. The molecule has 1 aliphatic heterocycles. The van der Waals surface area contributed by atoms with Gasteiger partial charge < -0.3 is 4.74 Å². The number of ketones is 1. The summed E-state index contributed by atoms with van der Waals surface area (Å²) in [6.07, 6.45) is 4.72. The molecule has 1 saturated heterocycles. The van der Waals surface area contributed by atoms with Crippen LogP contribution in [0.1, 0.15) is 23.7 Å². The van der Waals surface area contributed by atoms with Crippen molar-refractivity contribution in [3.8, 4) is 0 Å². The van der Waals surface area contributed by atoms with Gasteiger partial charge >= 0.3 is 5.97 Å². The van der Waals surface area contributed by atoms with Crippen LogP contribution in [0.2, 0.25) is 0 Å². The van der Waals surface area contributed by atoms with Gasteiger partial charge in [-0.05, 0) is 37.3 Å². The number of nitro benzene ring substituents is 1. The van der Waals surface area contributed by atoms with E-state index in [2.05, 4.69) is 0 Å². The fraction of sp³-hybridized carbons (Fsp3) is 0.400. The molecule has 2 bridgehead atoms. The predicted octanol–water partition coefficient (Wildman–Crippen LogP) is 1.52. The van der Waals surface area contributed by atoms with Gasteiger partial charge in [0, 0.05) is 17.7 Å². The summed E-state index contributed by atoms with van der Waals surface area (Å²) in [6, 6.07) is 3.79. The Hall–Kier alpha value is -3.36. The molecule has 9 nitrogen and oxygen atoms in total. The lowest BCUT2D eigenvalue weighted by molar-refractivity contribution is -0.384. The molecule has 0 spiro atoms. The molecule has 0 unspecified atom stereocenters. The second kappa shape index (κ2) is 6.91. The molecule has 3 aliphatic rings. The number of hydrogen-bond acceptors (Lipinski definition) is 7. The molecule has 4 rings (SSSR count). The quantitative estimate of drug-likeness (QED) is 0.178. The van der Waals surface area contributed by atoms with Crippen LogP contribution in [-0.2, 0) is 19.1 Å². The molecule has 29 heavy (non-hydrogen) atoms. The number of carbonyl (C=O) groups is 4. The Balaban J connectivity index is 1.37. The standard InChI is InChI=1S/C20H18N2O7/c1-10(21-18(24)16-12-2-3-13(8-12)17(16)19(21)25)20(26)29-9-15(23)11-4-6-14(7-5-11)22(27)28/h2-7,10,12-13,16-17H,8-9H2,1H3/t10-,12-,13-,16-,17-/m0/s1. The zero-order valence-corrected chi connectivity index (χ0v) is 15.5. The summed E-state index contributed by atoms with van der Waals surface area (Å²) in [5.74, 6) is -2.84. The molecule has 1 aromatic rings. The first kappa shape index (κ1) is 19.0. The van der Waals surface area contributed by atoms with Crippen LogP contribution < -0.4 is 0 Å². The third-order valence-corrected chi connectivity index (χ3v) is 5.98. The summed E-state index contributed by atoms with van der Waals surface area (Å²) in [6.45, 7) is 0.821. The highest BCUT2D eigenvalue weighted by molar-refractivity contribution is 6.09. The number of carbonyl (C=O) groups excluding carboxylic acids is 4. The van der Waals surface area contributed by atoms with Gasteiger partial charge in [0.1, 0.15) is 6.04 Å². The first-order valence-electron chi connectivity index (χ1n) is 9.29. The molecule has 5 atom stereocenters. The lowest BCUT2D eigenvalue weighted by Gasteiger charge is -2.23. The Kier molecular flexibility index (Phi) is 4.52. The second-order valence-corrected chi connectivity index (χ2v) is 7.56. The maximum Gasteiger partial charge on any atom is 0.329 e. The van der Waals surface area contributed by atoms with Gasteiger partial charge in [0.15, 0.2) is 12.4 Å². The average Bonchev–Trinajstić information content (AvgIpc) is 3.39. The Morgan fingerprint density at radius 1 is 1.14 bits per heavy atom. The molecule has 1 aromatic carbocycles.